The third kappa shape index (κ3) is 2.92. The molecule has 1 unspecified atom stereocenters. The summed E-state index contributed by atoms with van der Waals surface area (Å²) in [5.41, 5.74) is 0.653. The molecule has 0 aromatic carbocycles. The highest BCUT2D eigenvalue weighted by molar-refractivity contribution is 8.00. The first-order valence-electron chi connectivity index (χ1n) is 9.33. The summed E-state index contributed by atoms with van der Waals surface area (Å²) >= 11 is 2.07. The zero-order valence-electron chi connectivity index (χ0n) is 14.6. The summed E-state index contributed by atoms with van der Waals surface area (Å²) < 4.78 is 0.455. The van der Waals surface area contributed by atoms with Crippen LogP contribution in [0.5, 0.6) is 0 Å². The zero-order chi connectivity index (χ0) is 15.1. The van der Waals surface area contributed by atoms with E-state index < -0.39 is 0 Å². The van der Waals surface area contributed by atoms with Crippen LogP contribution < -0.4 is 5.32 Å². The van der Waals surface area contributed by atoms with Crippen molar-refractivity contribution in [3.05, 3.63) is 0 Å². The average molecular weight is 310 g/mol. The molecule has 0 spiro atoms. The van der Waals surface area contributed by atoms with E-state index >= 15 is 0 Å². The van der Waals surface area contributed by atoms with E-state index in [1.807, 2.05) is 0 Å². The number of hydrogen-bond acceptors (Lipinski definition) is 2. The summed E-state index contributed by atoms with van der Waals surface area (Å²) in [7, 11) is 0. The van der Waals surface area contributed by atoms with Crippen LogP contribution in [-0.2, 0) is 0 Å². The SMILES string of the molecule is CCC(CC)(CNC(C)C12CC3CC(CC(C3)C1)C2)SC. The maximum Gasteiger partial charge on any atom is 0.0276 e. The van der Waals surface area contributed by atoms with Crippen molar-refractivity contribution in [2.24, 2.45) is 23.2 Å². The topological polar surface area (TPSA) is 12.0 Å². The number of thioether (sulfide) groups is 1. The molecule has 0 aromatic heterocycles. The van der Waals surface area contributed by atoms with Crippen LogP contribution in [0.3, 0.4) is 0 Å². The lowest BCUT2D eigenvalue weighted by Gasteiger charge is -2.59. The summed E-state index contributed by atoms with van der Waals surface area (Å²) in [6.07, 6.45) is 14.1. The van der Waals surface area contributed by atoms with Crippen molar-refractivity contribution in [1.29, 1.82) is 0 Å². The van der Waals surface area contributed by atoms with Gasteiger partial charge in [-0.25, -0.2) is 0 Å². The molecule has 4 aliphatic carbocycles. The Labute approximate surface area is 136 Å². The Kier molecular flexibility index (Phi) is 4.68. The van der Waals surface area contributed by atoms with Gasteiger partial charge in [0.1, 0.15) is 0 Å². The molecular weight excluding hydrogens is 274 g/mol. The number of nitrogens with one attached hydrogen (secondary N) is 1. The van der Waals surface area contributed by atoms with Crippen molar-refractivity contribution in [1.82, 2.24) is 5.32 Å². The molecule has 4 rings (SSSR count). The van der Waals surface area contributed by atoms with Crippen LogP contribution in [-0.4, -0.2) is 23.6 Å². The Morgan fingerprint density at radius 1 is 1.05 bits per heavy atom. The first-order chi connectivity index (χ1) is 10.0. The zero-order valence-corrected chi connectivity index (χ0v) is 15.4. The van der Waals surface area contributed by atoms with Crippen molar-refractivity contribution in [2.45, 2.75) is 82.9 Å². The van der Waals surface area contributed by atoms with Crippen LogP contribution in [0.2, 0.25) is 0 Å². The Morgan fingerprint density at radius 2 is 1.52 bits per heavy atom. The molecule has 1 N–H and O–H groups in total. The standard InChI is InChI=1S/C19H35NS/c1-5-19(6-2,21-4)13-20-14(3)18-10-15-7-16(11-18)9-17(8-15)12-18/h14-17,20H,5-13H2,1-4H3. The molecule has 0 aromatic rings. The van der Waals surface area contributed by atoms with E-state index in [0.717, 1.165) is 23.8 Å². The van der Waals surface area contributed by atoms with Crippen molar-refractivity contribution >= 4 is 11.8 Å². The molecule has 1 atom stereocenters. The van der Waals surface area contributed by atoms with Crippen LogP contribution >= 0.6 is 11.8 Å². The van der Waals surface area contributed by atoms with Gasteiger partial charge in [0.05, 0.1) is 0 Å². The summed E-state index contributed by atoms with van der Waals surface area (Å²) in [5.74, 6) is 3.22. The van der Waals surface area contributed by atoms with E-state index in [1.54, 1.807) is 19.3 Å². The second-order valence-corrected chi connectivity index (χ2v) is 9.75. The minimum absolute atomic E-state index is 0.455. The van der Waals surface area contributed by atoms with Gasteiger partial charge >= 0.3 is 0 Å². The second-order valence-electron chi connectivity index (χ2n) is 8.48. The third-order valence-electron chi connectivity index (χ3n) is 7.46. The molecule has 122 valence electrons. The van der Waals surface area contributed by atoms with Gasteiger partial charge in [-0.15, -0.1) is 0 Å². The predicted octanol–water partition coefficient (Wildman–Crippen LogP) is 5.10. The van der Waals surface area contributed by atoms with Crippen LogP contribution in [0, 0.1) is 23.2 Å². The summed E-state index contributed by atoms with van der Waals surface area (Å²) in [6, 6.07) is 0.718. The van der Waals surface area contributed by atoms with Gasteiger partial charge in [0.2, 0.25) is 0 Å². The highest BCUT2D eigenvalue weighted by atomic mass is 32.2. The fraction of sp³-hybridized carbons (Fsp3) is 1.00. The maximum atomic E-state index is 4.01. The van der Waals surface area contributed by atoms with Crippen LogP contribution in [0.15, 0.2) is 0 Å². The molecule has 0 amide bonds. The molecule has 0 aliphatic heterocycles. The van der Waals surface area contributed by atoms with Gasteiger partial charge in [0.25, 0.3) is 0 Å². The van der Waals surface area contributed by atoms with Gasteiger partial charge in [0, 0.05) is 17.3 Å². The fourth-order valence-electron chi connectivity index (χ4n) is 6.12. The Morgan fingerprint density at radius 3 is 1.90 bits per heavy atom. The Balaban J connectivity index is 1.64. The van der Waals surface area contributed by atoms with E-state index in [9.17, 15) is 0 Å². The minimum atomic E-state index is 0.455. The normalized spacial score (nSPS) is 39.7. The van der Waals surface area contributed by atoms with Crippen molar-refractivity contribution in [3.8, 4) is 0 Å². The van der Waals surface area contributed by atoms with E-state index in [1.165, 1.54) is 38.6 Å². The van der Waals surface area contributed by atoms with Gasteiger partial charge < -0.3 is 5.32 Å². The van der Waals surface area contributed by atoms with E-state index in [2.05, 4.69) is 44.1 Å². The van der Waals surface area contributed by atoms with E-state index in [4.69, 9.17) is 0 Å². The molecular formula is C19H35NS. The molecule has 0 heterocycles. The number of rotatable bonds is 7. The smallest absolute Gasteiger partial charge is 0.0276 e. The average Bonchev–Trinajstić information content (AvgIpc) is 2.47. The summed E-state index contributed by atoms with van der Waals surface area (Å²) in [5, 5.41) is 4.01. The second kappa shape index (κ2) is 6.07. The number of hydrogen-bond donors (Lipinski definition) is 1. The Bertz CT molecular complexity index is 317. The highest BCUT2D eigenvalue weighted by Crippen LogP contribution is 2.61. The molecule has 21 heavy (non-hydrogen) atoms. The lowest BCUT2D eigenvalue weighted by atomic mass is 9.48. The van der Waals surface area contributed by atoms with E-state index in [0.29, 0.717) is 10.2 Å². The van der Waals surface area contributed by atoms with Crippen molar-refractivity contribution < 1.29 is 0 Å². The molecule has 4 aliphatic rings. The monoisotopic (exact) mass is 309 g/mol. The largest absolute Gasteiger partial charge is 0.312 e. The summed E-state index contributed by atoms with van der Waals surface area (Å²) in [4.78, 5) is 0. The molecule has 2 heteroatoms. The maximum absolute atomic E-state index is 4.01. The Hall–Kier alpha value is 0.310. The molecule has 4 saturated carbocycles. The lowest BCUT2D eigenvalue weighted by molar-refractivity contribution is -0.0706. The molecule has 4 bridgehead atoms. The van der Waals surface area contributed by atoms with Crippen LogP contribution in [0.1, 0.15) is 72.1 Å². The van der Waals surface area contributed by atoms with Crippen molar-refractivity contribution in [3.63, 3.8) is 0 Å². The highest BCUT2D eigenvalue weighted by Gasteiger charge is 2.53. The van der Waals surface area contributed by atoms with Crippen LogP contribution in [0.4, 0.5) is 0 Å². The lowest BCUT2D eigenvalue weighted by Crippen LogP contribution is -2.56. The van der Waals surface area contributed by atoms with E-state index in [-0.39, 0.29) is 0 Å². The molecule has 0 saturated heterocycles. The quantitative estimate of drug-likeness (QED) is 0.702. The van der Waals surface area contributed by atoms with Gasteiger partial charge in [0.15, 0.2) is 0 Å². The summed E-state index contributed by atoms with van der Waals surface area (Å²) in [6.45, 7) is 8.42. The molecule has 0 radical (unpaired) electrons. The predicted molar refractivity (Wildman–Crippen MR) is 94.9 cm³/mol. The van der Waals surface area contributed by atoms with Gasteiger partial charge in [-0.1, -0.05) is 13.8 Å². The molecule has 4 fully saturated rings. The van der Waals surface area contributed by atoms with Crippen molar-refractivity contribution in [2.75, 3.05) is 12.8 Å². The fourth-order valence-corrected chi connectivity index (χ4v) is 6.93. The minimum Gasteiger partial charge on any atom is -0.312 e. The van der Waals surface area contributed by atoms with Gasteiger partial charge in [-0.3, -0.25) is 0 Å². The first-order valence-corrected chi connectivity index (χ1v) is 10.6. The first kappa shape index (κ1) is 16.2. The van der Waals surface area contributed by atoms with Crippen LogP contribution in [0.25, 0.3) is 0 Å². The van der Waals surface area contributed by atoms with Gasteiger partial charge in [-0.05, 0) is 87.7 Å². The third-order valence-corrected chi connectivity index (χ3v) is 9.04. The molecule has 1 nitrogen and oxygen atoms in total. The van der Waals surface area contributed by atoms with Gasteiger partial charge in [-0.2, -0.15) is 11.8 Å².